The van der Waals surface area contributed by atoms with Gasteiger partial charge in [-0.3, -0.25) is 4.79 Å². The molecule has 0 aliphatic carbocycles. The monoisotopic (exact) mass is 373 g/mol. The number of rotatable bonds is 8. The largest absolute Gasteiger partial charge is 0.496 e. The molecule has 6 nitrogen and oxygen atoms in total. The van der Waals surface area contributed by atoms with E-state index in [1.54, 1.807) is 28.4 Å². The first-order valence-electron chi connectivity index (χ1n) is 8.67. The molecule has 0 spiro atoms. The fraction of sp³-hybridized carbons (Fsp3) is 0.381. The molecule has 2 aromatic rings. The smallest absolute Gasteiger partial charge is 0.216 e. The molecule has 146 valence electrons. The molecule has 27 heavy (non-hydrogen) atoms. The van der Waals surface area contributed by atoms with Crippen molar-refractivity contribution in [1.82, 2.24) is 5.32 Å². The van der Waals surface area contributed by atoms with E-state index in [0.717, 1.165) is 28.0 Å². The maximum atomic E-state index is 11.2. The van der Waals surface area contributed by atoms with E-state index in [-0.39, 0.29) is 5.91 Å². The molecule has 0 aliphatic rings. The topological polar surface area (TPSA) is 66.0 Å². The standard InChI is InChI=1S/C21H27NO5/c1-13-9-20(26-5)21(27-6)11-16(13)17-10-15(7-8-22-14(2)23)18(24-3)12-19(17)25-4/h9-12H,7-8H2,1-6H3,(H,22,23). The maximum Gasteiger partial charge on any atom is 0.216 e. The van der Waals surface area contributed by atoms with Gasteiger partial charge in [0.15, 0.2) is 11.5 Å². The second kappa shape index (κ2) is 9.16. The number of benzene rings is 2. The predicted molar refractivity (Wildman–Crippen MR) is 105 cm³/mol. The van der Waals surface area contributed by atoms with Crippen LogP contribution in [0.4, 0.5) is 0 Å². The summed E-state index contributed by atoms with van der Waals surface area (Å²) < 4.78 is 22.0. The van der Waals surface area contributed by atoms with Gasteiger partial charge in [0.25, 0.3) is 0 Å². The van der Waals surface area contributed by atoms with Crippen LogP contribution in [0.15, 0.2) is 24.3 Å². The van der Waals surface area contributed by atoms with E-state index in [1.165, 1.54) is 6.92 Å². The predicted octanol–water partition coefficient (Wildman–Crippen LogP) is 3.38. The second-order valence-corrected chi connectivity index (χ2v) is 6.12. The minimum atomic E-state index is -0.0570. The van der Waals surface area contributed by atoms with Crippen LogP contribution < -0.4 is 24.3 Å². The van der Waals surface area contributed by atoms with Gasteiger partial charge in [-0.15, -0.1) is 0 Å². The molecule has 0 atom stereocenters. The van der Waals surface area contributed by atoms with E-state index in [0.29, 0.717) is 30.2 Å². The Morgan fingerprint density at radius 2 is 1.41 bits per heavy atom. The lowest BCUT2D eigenvalue weighted by atomic mass is 9.95. The summed E-state index contributed by atoms with van der Waals surface area (Å²) in [5.41, 5.74) is 3.92. The van der Waals surface area contributed by atoms with Crippen molar-refractivity contribution in [2.24, 2.45) is 0 Å². The molecular weight excluding hydrogens is 346 g/mol. The minimum absolute atomic E-state index is 0.0570. The highest BCUT2D eigenvalue weighted by Crippen LogP contribution is 2.41. The Kier molecular flexibility index (Phi) is 6.93. The van der Waals surface area contributed by atoms with Crippen molar-refractivity contribution in [3.05, 3.63) is 35.4 Å². The zero-order chi connectivity index (χ0) is 20.0. The van der Waals surface area contributed by atoms with Crippen LogP contribution in [-0.4, -0.2) is 40.9 Å². The molecule has 0 saturated heterocycles. The summed E-state index contributed by atoms with van der Waals surface area (Å²) in [5.74, 6) is 2.69. The van der Waals surface area contributed by atoms with Crippen molar-refractivity contribution in [3.8, 4) is 34.1 Å². The maximum absolute atomic E-state index is 11.2. The Bertz CT molecular complexity index is 817. The number of methoxy groups -OCH3 is 4. The first kappa shape index (κ1) is 20.4. The van der Waals surface area contributed by atoms with E-state index in [2.05, 4.69) is 5.32 Å². The zero-order valence-electron chi connectivity index (χ0n) is 16.8. The number of ether oxygens (including phenoxy) is 4. The number of amides is 1. The molecule has 0 fully saturated rings. The Morgan fingerprint density at radius 1 is 0.815 bits per heavy atom. The van der Waals surface area contributed by atoms with Gasteiger partial charge in [0.1, 0.15) is 11.5 Å². The van der Waals surface area contributed by atoms with Crippen molar-refractivity contribution in [2.45, 2.75) is 20.3 Å². The van der Waals surface area contributed by atoms with E-state index >= 15 is 0 Å². The summed E-state index contributed by atoms with van der Waals surface area (Å²) in [6.07, 6.45) is 0.645. The van der Waals surface area contributed by atoms with Crippen molar-refractivity contribution >= 4 is 5.91 Å². The molecule has 0 aliphatic heterocycles. The summed E-state index contributed by atoms with van der Waals surface area (Å²) in [6, 6.07) is 7.78. The zero-order valence-corrected chi connectivity index (χ0v) is 16.8. The van der Waals surface area contributed by atoms with Crippen LogP contribution in [0.2, 0.25) is 0 Å². The van der Waals surface area contributed by atoms with Crippen molar-refractivity contribution < 1.29 is 23.7 Å². The molecule has 0 unspecified atom stereocenters. The second-order valence-electron chi connectivity index (χ2n) is 6.12. The first-order chi connectivity index (χ1) is 12.9. The normalized spacial score (nSPS) is 10.3. The molecular formula is C21H27NO5. The van der Waals surface area contributed by atoms with Crippen LogP contribution in [0.3, 0.4) is 0 Å². The number of hydrogen-bond donors (Lipinski definition) is 1. The molecule has 0 aromatic heterocycles. The highest BCUT2D eigenvalue weighted by molar-refractivity contribution is 5.78. The summed E-state index contributed by atoms with van der Waals surface area (Å²) in [4.78, 5) is 11.2. The quantitative estimate of drug-likeness (QED) is 0.768. The fourth-order valence-electron chi connectivity index (χ4n) is 3.01. The lowest BCUT2D eigenvalue weighted by molar-refractivity contribution is -0.118. The fourth-order valence-corrected chi connectivity index (χ4v) is 3.01. The number of carbonyl (C=O) groups excluding carboxylic acids is 1. The molecule has 1 N–H and O–H groups in total. The molecule has 2 aromatic carbocycles. The molecule has 0 radical (unpaired) electrons. The summed E-state index contributed by atoms with van der Waals surface area (Å²) >= 11 is 0. The van der Waals surface area contributed by atoms with Crippen LogP contribution in [0.1, 0.15) is 18.1 Å². The van der Waals surface area contributed by atoms with E-state index < -0.39 is 0 Å². The van der Waals surface area contributed by atoms with Crippen molar-refractivity contribution in [1.29, 1.82) is 0 Å². The van der Waals surface area contributed by atoms with Crippen LogP contribution in [0.25, 0.3) is 11.1 Å². The summed E-state index contributed by atoms with van der Waals surface area (Å²) in [6.45, 7) is 4.05. The SMILES string of the molecule is COc1cc(OC)c(-c2cc(OC)c(OC)cc2C)cc1CCNC(C)=O. The Hall–Kier alpha value is -2.89. The van der Waals surface area contributed by atoms with Crippen LogP contribution in [0.5, 0.6) is 23.0 Å². The third-order valence-corrected chi connectivity index (χ3v) is 4.39. The summed E-state index contributed by atoms with van der Waals surface area (Å²) in [7, 11) is 6.48. The van der Waals surface area contributed by atoms with Gasteiger partial charge in [0.05, 0.1) is 28.4 Å². The third-order valence-electron chi connectivity index (χ3n) is 4.39. The van der Waals surface area contributed by atoms with Gasteiger partial charge in [-0.2, -0.15) is 0 Å². The van der Waals surface area contributed by atoms with Gasteiger partial charge in [-0.05, 0) is 48.2 Å². The Balaban J connectivity index is 2.56. The van der Waals surface area contributed by atoms with Gasteiger partial charge in [-0.1, -0.05) is 0 Å². The van der Waals surface area contributed by atoms with E-state index in [1.807, 2.05) is 31.2 Å². The van der Waals surface area contributed by atoms with Gasteiger partial charge in [0.2, 0.25) is 5.91 Å². The lowest BCUT2D eigenvalue weighted by Crippen LogP contribution is -2.22. The first-order valence-corrected chi connectivity index (χ1v) is 8.67. The van der Waals surface area contributed by atoms with Gasteiger partial charge < -0.3 is 24.3 Å². The minimum Gasteiger partial charge on any atom is -0.496 e. The molecule has 0 bridgehead atoms. The number of carbonyl (C=O) groups is 1. The number of nitrogens with one attached hydrogen (secondary N) is 1. The molecule has 0 saturated carbocycles. The highest BCUT2D eigenvalue weighted by atomic mass is 16.5. The van der Waals surface area contributed by atoms with Crippen molar-refractivity contribution in [2.75, 3.05) is 35.0 Å². The molecule has 0 heterocycles. The van der Waals surface area contributed by atoms with Crippen LogP contribution >= 0.6 is 0 Å². The third kappa shape index (κ3) is 4.64. The van der Waals surface area contributed by atoms with Crippen molar-refractivity contribution in [3.63, 3.8) is 0 Å². The number of aryl methyl sites for hydroxylation is 1. The average Bonchev–Trinajstić information content (AvgIpc) is 2.67. The van der Waals surface area contributed by atoms with Gasteiger partial charge in [-0.25, -0.2) is 0 Å². The Labute approximate surface area is 160 Å². The Morgan fingerprint density at radius 3 is 1.96 bits per heavy atom. The number of hydrogen-bond acceptors (Lipinski definition) is 5. The molecule has 1 amide bonds. The summed E-state index contributed by atoms with van der Waals surface area (Å²) in [5, 5.41) is 2.82. The molecule has 2 rings (SSSR count). The van der Waals surface area contributed by atoms with Gasteiger partial charge >= 0.3 is 0 Å². The lowest BCUT2D eigenvalue weighted by Gasteiger charge is -2.18. The molecule has 6 heteroatoms. The van der Waals surface area contributed by atoms with E-state index in [4.69, 9.17) is 18.9 Å². The van der Waals surface area contributed by atoms with E-state index in [9.17, 15) is 4.79 Å². The van der Waals surface area contributed by atoms with Crippen LogP contribution in [-0.2, 0) is 11.2 Å². The average molecular weight is 373 g/mol. The van der Waals surface area contributed by atoms with Crippen LogP contribution in [0, 0.1) is 6.92 Å². The van der Waals surface area contributed by atoms with Gasteiger partial charge in [0, 0.05) is 25.1 Å². The highest BCUT2D eigenvalue weighted by Gasteiger charge is 2.17.